The lowest BCUT2D eigenvalue weighted by Gasteiger charge is -2.17. The van der Waals surface area contributed by atoms with E-state index in [0.717, 1.165) is 18.3 Å². The molecule has 0 saturated heterocycles. The van der Waals surface area contributed by atoms with Crippen molar-refractivity contribution in [1.82, 2.24) is 10.6 Å². The van der Waals surface area contributed by atoms with Crippen LogP contribution in [0.2, 0.25) is 0 Å². The third-order valence-electron chi connectivity index (χ3n) is 2.95. The van der Waals surface area contributed by atoms with Gasteiger partial charge in [-0.05, 0) is 37.4 Å². The minimum Gasteiger partial charge on any atom is -0.489 e. The first-order valence-electron chi connectivity index (χ1n) is 7.54. The first-order valence-corrected chi connectivity index (χ1v) is 8.42. The normalized spacial score (nSPS) is 12.7. The molecule has 4 nitrogen and oxygen atoms in total. The van der Waals surface area contributed by atoms with Gasteiger partial charge < -0.3 is 15.4 Å². The van der Waals surface area contributed by atoms with Crippen LogP contribution in [0.4, 0.5) is 0 Å². The lowest BCUT2D eigenvalue weighted by Crippen LogP contribution is -2.41. The van der Waals surface area contributed by atoms with E-state index in [0.29, 0.717) is 13.1 Å². The van der Waals surface area contributed by atoms with Crippen molar-refractivity contribution >= 4 is 17.3 Å². The van der Waals surface area contributed by atoms with Crippen molar-refractivity contribution < 1.29 is 4.74 Å². The molecule has 2 N–H and O–H groups in total. The smallest absolute Gasteiger partial charge is 0.191 e. The molecular formula is C17H23N3OS. The Hall–Kier alpha value is -2.01. The molecule has 0 fully saturated rings. The van der Waals surface area contributed by atoms with Gasteiger partial charge in [0, 0.05) is 11.4 Å². The zero-order chi connectivity index (χ0) is 15.6. The van der Waals surface area contributed by atoms with Gasteiger partial charge in [-0.15, -0.1) is 11.3 Å². The molecule has 0 bridgehead atoms. The number of ether oxygens (including phenoxy) is 1. The zero-order valence-corrected chi connectivity index (χ0v) is 13.9. The van der Waals surface area contributed by atoms with Crippen LogP contribution in [0, 0.1) is 0 Å². The van der Waals surface area contributed by atoms with Crippen LogP contribution in [0.25, 0.3) is 0 Å². The summed E-state index contributed by atoms with van der Waals surface area (Å²) in [5.41, 5.74) is 0. The Kier molecular flexibility index (Phi) is 6.77. The number of benzene rings is 1. The number of hydrogen-bond donors (Lipinski definition) is 2. The molecule has 0 aliphatic heterocycles. The van der Waals surface area contributed by atoms with Gasteiger partial charge in [-0.3, -0.25) is 0 Å². The highest BCUT2D eigenvalue weighted by Gasteiger charge is 2.05. The van der Waals surface area contributed by atoms with Crippen LogP contribution in [0.5, 0.6) is 5.75 Å². The minimum atomic E-state index is 0.0630. The molecule has 22 heavy (non-hydrogen) atoms. The summed E-state index contributed by atoms with van der Waals surface area (Å²) >= 11 is 1.72. The van der Waals surface area contributed by atoms with Gasteiger partial charge in [0.25, 0.3) is 0 Å². The maximum Gasteiger partial charge on any atom is 0.191 e. The van der Waals surface area contributed by atoms with Crippen LogP contribution >= 0.6 is 11.3 Å². The molecule has 2 rings (SSSR count). The Labute approximate surface area is 136 Å². The van der Waals surface area contributed by atoms with Crippen LogP contribution < -0.4 is 15.4 Å². The van der Waals surface area contributed by atoms with Gasteiger partial charge in [0.15, 0.2) is 5.96 Å². The number of thiophene rings is 1. The Balaban J connectivity index is 1.81. The molecule has 1 atom stereocenters. The lowest BCUT2D eigenvalue weighted by atomic mass is 10.3. The van der Waals surface area contributed by atoms with Crippen molar-refractivity contribution in [1.29, 1.82) is 0 Å². The van der Waals surface area contributed by atoms with E-state index in [1.807, 2.05) is 43.3 Å². The van der Waals surface area contributed by atoms with E-state index in [9.17, 15) is 0 Å². The third kappa shape index (κ3) is 5.77. The first-order chi connectivity index (χ1) is 10.8. The molecule has 1 aromatic carbocycles. The number of nitrogens with one attached hydrogen (secondary N) is 2. The fourth-order valence-electron chi connectivity index (χ4n) is 1.91. The molecule has 0 saturated carbocycles. The van der Waals surface area contributed by atoms with E-state index in [2.05, 4.69) is 34.0 Å². The van der Waals surface area contributed by atoms with Crippen molar-refractivity contribution in [3.63, 3.8) is 0 Å². The van der Waals surface area contributed by atoms with Crippen LogP contribution in [-0.4, -0.2) is 25.2 Å². The molecule has 0 aliphatic carbocycles. The fraction of sp³-hybridized carbons (Fsp3) is 0.353. The fourth-order valence-corrected chi connectivity index (χ4v) is 2.54. The van der Waals surface area contributed by atoms with Crippen LogP contribution in [0.3, 0.4) is 0 Å². The Bertz CT molecular complexity index is 555. The molecule has 1 aromatic heterocycles. The highest BCUT2D eigenvalue weighted by molar-refractivity contribution is 7.09. The number of nitrogens with zero attached hydrogens (tertiary/aromatic N) is 1. The molecule has 0 amide bonds. The van der Waals surface area contributed by atoms with Gasteiger partial charge in [-0.25, -0.2) is 4.99 Å². The largest absolute Gasteiger partial charge is 0.489 e. The summed E-state index contributed by atoms with van der Waals surface area (Å²) in [6.07, 6.45) is 0.0630. The van der Waals surface area contributed by atoms with Crippen molar-refractivity contribution in [3.05, 3.63) is 52.7 Å². The molecule has 2 aromatic rings. The quantitative estimate of drug-likeness (QED) is 0.608. The average molecular weight is 317 g/mol. The van der Waals surface area contributed by atoms with Gasteiger partial charge in [0.05, 0.1) is 13.1 Å². The van der Waals surface area contributed by atoms with Gasteiger partial charge in [0.1, 0.15) is 11.9 Å². The number of hydrogen-bond acceptors (Lipinski definition) is 3. The van der Waals surface area contributed by atoms with Crippen molar-refractivity contribution in [3.8, 4) is 5.75 Å². The summed E-state index contributed by atoms with van der Waals surface area (Å²) < 4.78 is 5.85. The molecule has 118 valence electrons. The minimum absolute atomic E-state index is 0.0630. The van der Waals surface area contributed by atoms with Crippen LogP contribution in [-0.2, 0) is 6.54 Å². The summed E-state index contributed by atoms with van der Waals surface area (Å²) in [6, 6.07) is 14.0. The molecule has 1 heterocycles. The number of guanidine groups is 1. The van der Waals surface area contributed by atoms with Crippen LogP contribution in [0.15, 0.2) is 52.8 Å². The van der Waals surface area contributed by atoms with E-state index in [4.69, 9.17) is 4.74 Å². The van der Waals surface area contributed by atoms with E-state index < -0.39 is 0 Å². The maximum absolute atomic E-state index is 5.85. The Morgan fingerprint density at radius 1 is 1.18 bits per heavy atom. The summed E-state index contributed by atoms with van der Waals surface area (Å²) in [4.78, 5) is 5.84. The molecular weight excluding hydrogens is 294 g/mol. The number of para-hydroxylation sites is 1. The van der Waals surface area contributed by atoms with Crippen molar-refractivity contribution in [2.75, 3.05) is 13.1 Å². The van der Waals surface area contributed by atoms with Gasteiger partial charge >= 0.3 is 0 Å². The monoisotopic (exact) mass is 317 g/mol. The van der Waals surface area contributed by atoms with Crippen molar-refractivity contribution in [2.45, 2.75) is 26.5 Å². The van der Waals surface area contributed by atoms with Gasteiger partial charge in [0.2, 0.25) is 0 Å². The van der Waals surface area contributed by atoms with E-state index in [1.54, 1.807) is 11.3 Å². The summed E-state index contributed by atoms with van der Waals surface area (Å²) in [7, 11) is 0. The van der Waals surface area contributed by atoms with Gasteiger partial charge in [-0.2, -0.15) is 0 Å². The topological polar surface area (TPSA) is 45.7 Å². The van der Waals surface area contributed by atoms with E-state index in [-0.39, 0.29) is 6.10 Å². The Morgan fingerprint density at radius 2 is 2.00 bits per heavy atom. The molecule has 0 aliphatic rings. The second kappa shape index (κ2) is 9.10. The molecule has 5 heteroatoms. The second-order valence-corrected chi connectivity index (χ2v) is 5.93. The average Bonchev–Trinajstić information content (AvgIpc) is 3.04. The Morgan fingerprint density at radius 3 is 2.68 bits per heavy atom. The maximum atomic E-state index is 5.85. The number of aliphatic imine (C=N–C) groups is 1. The highest BCUT2D eigenvalue weighted by atomic mass is 32.1. The predicted octanol–water partition coefficient (Wildman–Crippen LogP) is 3.27. The SMILES string of the molecule is CCNC(=NCc1cccs1)NCC(C)Oc1ccccc1. The summed E-state index contributed by atoms with van der Waals surface area (Å²) in [6.45, 7) is 6.34. The van der Waals surface area contributed by atoms with Crippen LogP contribution in [0.1, 0.15) is 18.7 Å². The molecule has 0 spiro atoms. The highest BCUT2D eigenvalue weighted by Crippen LogP contribution is 2.10. The standard InChI is InChI=1S/C17H23N3OS/c1-3-18-17(20-13-16-10-7-11-22-16)19-12-14(2)21-15-8-5-4-6-9-15/h4-11,14H,3,12-13H2,1-2H3,(H2,18,19,20). The number of rotatable bonds is 7. The zero-order valence-electron chi connectivity index (χ0n) is 13.1. The second-order valence-electron chi connectivity index (χ2n) is 4.90. The molecule has 0 radical (unpaired) electrons. The predicted molar refractivity (Wildman–Crippen MR) is 93.7 cm³/mol. The lowest BCUT2D eigenvalue weighted by molar-refractivity contribution is 0.224. The summed E-state index contributed by atoms with van der Waals surface area (Å²) in [5.74, 6) is 1.71. The van der Waals surface area contributed by atoms with E-state index >= 15 is 0 Å². The summed E-state index contributed by atoms with van der Waals surface area (Å²) in [5, 5.41) is 8.64. The van der Waals surface area contributed by atoms with Gasteiger partial charge in [-0.1, -0.05) is 24.3 Å². The van der Waals surface area contributed by atoms with Crippen molar-refractivity contribution in [2.24, 2.45) is 4.99 Å². The molecule has 1 unspecified atom stereocenters. The van der Waals surface area contributed by atoms with E-state index in [1.165, 1.54) is 4.88 Å². The first kappa shape index (κ1) is 16.4. The third-order valence-corrected chi connectivity index (χ3v) is 3.82.